The van der Waals surface area contributed by atoms with E-state index in [9.17, 15) is 4.79 Å². The van der Waals surface area contributed by atoms with Crippen LogP contribution in [0.25, 0.3) is 16.2 Å². The Hall–Kier alpha value is -3.10. The van der Waals surface area contributed by atoms with E-state index in [1.165, 1.54) is 16.9 Å². The van der Waals surface area contributed by atoms with E-state index in [0.29, 0.717) is 15.8 Å². The average molecular weight is 497 g/mol. The van der Waals surface area contributed by atoms with E-state index in [2.05, 4.69) is 62.6 Å². The van der Waals surface area contributed by atoms with E-state index in [1.807, 2.05) is 35.5 Å². The Morgan fingerprint density at radius 3 is 2.53 bits per heavy atom. The van der Waals surface area contributed by atoms with Crippen molar-refractivity contribution in [3.05, 3.63) is 58.6 Å². The number of likely N-dealkylation sites (N-methyl/N-ethyl adjacent to an activating group) is 1. The molecule has 7 nitrogen and oxygen atoms in total. The minimum atomic E-state index is -0.181. The quantitative estimate of drug-likeness (QED) is 0.341. The summed E-state index contributed by atoms with van der Waals surface area (Å²) in [5.74, 6) is 0.690. The highest BCUT2D eigenvalue weighted by molar-refractivity contribution is 7.20. The normalized spacial score (nSPS) is 11.6. The van der Waals surface area contributed by atoms with Crippen LogP contribution in [0.15, 0.2) is 42.5 Å². The Bertz CT molecular complexity index is 1340. The van der Waals surface area contributed by atoms with Crippen LogP contribution in [0, 0.1) is 13.8 Å². The lowest BCUT2D eigenvalue weighted by Gasteiger charge is -2.22. The lowest BCUT2D eigenvalue weighted by molar-refractivity contribution is -0.114. The number of halogens is 1. The second-order valence-corrected chi connectivity index (χ2v) is 10.8. The topological polar surface area (TPSA) is 74.6 Å². The number of aryl methyl sites for hydroxylation is 1. The molecule has 2 aromatic heterocycles. The van der Waals surface area contributed by atoms with Gasteiger partial charge in [0.1, 0.15) is 5.69 Å². The maximum absolute atomic E-state index is 12.7. The molecule has 2 N–H and O–H groups in total. The maximum atomic E-state index is 12.7. The highest BCUT2D eigenvalue weighted by atomic mass is 35.5. The fourth-order valence-corrected chi connectivity index (χ4v) is 4.52. The van der Waals surface area contributed by atoms with Gasteiger partial charge >= 0.3 is 0 Å². The smallest absolute Gasteiger partial charge is 0.243 e. The van der Waals surface area contributed by atoms with Crippen LogP contribution in [0.5, 0.6) is 0 Å². The molecule has 0 bridgehead atoms. The molecule has 34 heavy (non-hydrogen) atoms. The molecule has 0 aliphatic rings. The van der Waals surface area contributed by atoms with Crippen molar-refractivity contribution >= 4 is 50.4 Å². The predicted octanol–water partition coefficient (Wildman–Crippen LogP) is 6.01. The molecule has 0 fully saturated rings. The first-order valence-electron chi connectivity index (χ1n) is 11.0. The van der Waals surface area contributed by atoms with E-state index in [4.69, 9.17) is 21.7 Å². The number of rotatable bonds is 6. The Labute approximate surface area is 208 Å². The summed E-state index contributed by atoms with van der Waals surface area (Å²) in [7, 11) is 1.85. The molecule has 0 unspecified atom stereocenters. The third-order valence-corrected chi connectivity index (χ3v) is 6.69. The zero-order valence-corrected chi connectivity index (χ0v) is 21.8. The molecule has 178 valence electrons. The summed E-state index contributed by atoms with van der Waals surface area (Å²) in [6.07, 6.45) is 0. The van der Waals surface area contributed by atoms with Crippen LogP contribution in [0.1, 0.15) is 31.9 Å². The summed E-state index contributed by atoms with van der Waals surface area (Å²) in [5.41, 5.74) is 4.45. The van der Waals surface area contributed by atoms with Gasteiger partial charge in [0.25, 0.3) is 0 Å². The fraction of sp³-hybridized carbons (Fsp3) is 0.320. The second kappa shape index (κ2) is 9.27. The van der Waals surface area contributed by atoms with Gasteiger partial charge in [-0.1, -0.05) is 58.8 Å². The molecule has 0 saturated heterocycles. The summed E-state index contributed by atoms with van der Waals surface area (Å²) in [4.78, 5) is 20.1. The van der Waals surface area contributed by atoms with Gasteiger partial charge in [-0.25, -0.2) is 4.98 Å². The van der Waals surface area contributed by atoms with E-state index < -0.39 is 0 Å². The standard InChI is InChI=1S/C25H29ClN6OS/c1-15-10-12-17(13-11-15)21-22(29-25(3,4)5)32-23(28-21)34-24(30-32)31(6)14-20(33)27-19-9-7-8-18(26)16(19)2/h7-13,29H,14H2,1-6H3,(H,27,33). The summed E-state index contributed by atoms with van der Waals surface area (Å²) in [6, 6.07) is 13.8. The number of nitrogens with zero attached hydrogens (tertiary/aromatic N) is 4. The van der Waals surface area contributed by atoms with Gasteiger partial charge in [0.05, 0.1) is 6.54 Å². The Kier molecular flexibility index (Phi) is 6.55. The van der Waals surface area contributed by atoms with Gasteiger partial charge in [-0.2, -0.15) is 4.52 Å². The van der Waals surface area contributed by atoms with Crippen molar-refractivity contribution in [3.8, 4) is 11.3 Å². The first-order valence-corrected chi connectivity index (χ1v) is 12.2. The first-order chi connectivity index (χ1) is 16.0. The third kappa shape index (κ3) is 5.18. The number of fused-ring (bicyclic) bond motifs is 1. The molecule has 4 aromatic rings. The van der Waals surface area contributed by atoms with E-state index in [1.54, 1.807) is 6.07 Å². The molecular formula is C25H29ClN6OS. The van der Waals surface area contributed by atoms with Gasteiger partial charge in [0.15, 0.2) is 5.82 Å². The van der Waals surface area contributed by atoms with Gasteiger partial charge in [-0.3, -0.25) is 4.79 Å². The number of hydrogen-bond donors (Lipinski definition) is 2. The van der Waals surface area contributed by atoms with Gasteiger partial charge in [0, 0.05) is 28.9 Å². The lowest BCUT2D eigenvalue weighted by Crippen LogP contribution is -2.30. The minimum Gasteiger partial charge on any atom is -0.364 e. The second-order valence-electron chi connectivity index (χ2n) is 9.45. The third-order valence-electron chi connectivity index (χ3n) is 5.26. The number of carbonyl (C=O) groups excluding carboxylic acids is 1. The molecule has 0 aliphatic heterocycles. The number of benzene rings is 2. The van der Waals surface area contributed by atoms with Gasteiger partial charge < -0.3 is 15.5 Å². The number of nitrogens with one attached hydrogen (secondary N) is 2. The molecule has 9 heteroatoms. The van der Waals surface area contributed by atoms with Crippen molar-refractivity contribution in [1.82, 2.24) is 14.6 Å². The van der Waals surface area contributed by atoms with Crippen LogP contribution in [0.4, 0.5) is 16.6 Å². The van der Waals surface area contributed by atoms with Crippen LogP contribution in [0.2, 0.25) is 5.02 Å². The van der Waals surface area contributed by atoms with Crippen molar-refractivity contribution in [2.45, 2.75) is 40.2 Å². The van der Waals surface area contributed by atoms with Gasteiger partial charge in [0.2, 0.25) is 16.0 Å². The lowest BCUT2D eigenvalue weighted by atomic mass is 10.1. The first kappa shape index (κ1) is 24.0. The Balaban J connectivity index is 1.60. The summed E-state index contributed by atoms with van der Waals surface area (Å²) < 4.78 is 1.83. The highest BCUT2D eigenvalue weighted by Gasteiger charge is 2.23. The number of anilines is 3. The average Bonchev–Trinajstić information content (AvgIpc) is 3.30. The number of hydrogen-bond acceptors (Lipinski definition) is 6. The SMILES string of the molecule is Cc1ccc(-c2nc3sc(N(C)CC(=O)Nc4cccc(Cl)c4C)nn3c2NC(C)(C)C)cc1. The summed E-state index contributed by atoms with van der Waals surface area (Å²) in [5, 5.41) is 12.6. The van der Waals surface area contributed by atoms with Crippen molar-refractivity contribution in [3.63, 3.8) is 0 Å². The zero-order chi connectivity index (χ0) is 24.6. The van der Waals surface area contributed by atoms with Crippen LogP contribution in [-0.4, -0.2) is 39.6 Å². The zero-order valence-electron chi connectivity index (χ0n) is 20.2. The largest absolute Gasteiger partial charge is 0.364 e. The number of aromatic nitrogens is 3. The van der Waals surface area contributed by atoms with E-state index >= 15 is 0 Å². The molecule has 1 amide bonds. The van der Waals surface area contributed by atoms with Crippen molar-refractivity contribution in [2.24, 2.45) is 0 Å². The van der Waals surface area contributed by atoms with Crippen molar-refractivity contribution in [2.75, 3.05) is 29.1 Å². The molecule has 0 aliphatic carbocycles. The molecule has 0 atom stereocenters. The van der Waals surface area contributed by atoms with E-state index in [-0.39, 0.29) is 18.0 Å². The number of amides is 1. The molecular weight excluding hydrogens is 468 g/mol. The maximum Gasteiger partial charge on any atom is 0.243 e. The van der Waals surface area contributed by atoms with Gasteiger partial charge in [-0.15, -0.1) is 5.10 Å². The molecule has 0 spiro atoms. The van der Waals surface area contributed by atoms with Crippen molar-refractivity contribution < 1.29 is 4.79 Å². The fourth-order valence-electron chi connectivity index (χ4n) is 3.49. The molecule has 2 aromatic carbocycles. The molecule has 2 heterocycles. The summed E-state index contributed by atoms with van der Waals surface area (Å²) in [6.45, 7) is 10.4. The van der Waals surface area contributed by atoms with Crippen LogP contribution in [0.3, 0.4) is 0 Å². The van der Waals surface area contributed by atoms with E-state index in [0.717, 1.165) is 27.6 Å². The number of imidazole rings is 1. The summed E-state index contributed by atoms with van der Waals surface area (Å²) >= 11 is 7.61. The van der Waals surface area contributed by atoms with Crippen LogP contribution >= 0.6 is 22.9 Å². The van der Waals surface area contributed by atoms with Crippen molar-refractivity contribution in [1.29, 1.82) is 0 Å². The van der Waals surface area contributed by atoms with Crippen LogP contribution < -0.4 is 15.5 Å². The molecule has 4 rings (SSSR count). The monoisotopic (exact) mass is 496 g/mol. The molecule has 0 saturated carbocycles. The molecule has 0 radical (unpaired) electrons. The minimum absolute atomic E-state index is 0.144. The Morgan fingerprint density at radius 1 is 1.15 bits per heavy atom. The Morgan fingerprint density at radius 2 is 1.85 bits per heavy atom. The highest BCUT2D eigenvalue weighted by Crippen LogP contribution is 2.34. The number of carbonyl (C=O) groups is 1. The van der Waals surface area contributed by atoms with Crippen LogP contribution in [-0.2, 0) is 4.79 Å². The predicted molar refractivity (Wildman–Crippen MR) is 143 cm³/mol. The van der Waals surface area contributed by atoms with Gasteiger partial charge in [-0.05, 0) is 52.3 Å².